The van der Waals surface area contributed by atoms with Crippen molar-refractivity contribution >= 4 is 39.9 Å². The minimum atomic E-state index is -0.212. The van der Waals surface area contributed by atoms with Crippen molar-refractivity contribution in [3.8, 4) is 11.3 Å². The summed E-state index contributed by atoms with van der Waals surface area (Å²) in [5.41, 5.74) is 4.98. The molecule has 1 N–H and O–H groups in total. The number of hydrogen-bond acceptors (Lipinski definition) is 5. The number of aromatic nitrogens is 5. The first kappa shape index (κ1) is 25.8. The normalized spacial score (nSPS) is 14.3. The van der Waals surface area contributed by atoms with E-state index in [2.05, 4.69) is 25.2 Å². The van der Waals surface area contributed by atoms with E-state index in [1.165, 1.54) is 19.2 Å². The fourth-order valence-corrected chi connectivity index (χ4v) is 5.84. The van der Waals surface area contributed by atoms with E-state index in [9.17, 15) is 4.79 Å². The number of carbonyl (C=O) groups is 1. The lowest BCUT2D eigenvalue weighted by Gasteiger charge is -2.18. The lowest BCUT2D eigenvalue weighted by atomic mass is 9.98. The van der Waals surface area contributed by atoms with Crippen molar-refractivity contribution in [3.63, 3.8) is 0 Å². The SMILES string of the molecule is [C-]#[N+]C[C@H](C1CCCC1)n1cc(-c2ncnc3c2ccn3C(=O)c2ccccc2Nc2cccc(Cl)c2C)cn1. The topological polar surface area (TPSA) is 82.0 Å². The molecule has 1 saturated carbocycles. The smallest absolute Gasteiger partial charge is 0.265 e. The van der Waals surface area contributed by atoms with Gasteiger partial charge in [-0.25, -0.2) is 16.5 Å². The average molecular weight is 550 g/mol. The van der Waals surface area contributed by atoms with Gasteiger partial charge in [-0.1, -0.05) is 42.6 Å². The number of benzene rings is 2. The number of rotatable bonds is 7. The molecule has 0 amide bonds. The van der Waals surface area contributed by atoms with Crippen molar-refractivity contribution < 1.29 is 4.79 Å². The molecule has 200 valence electrons. The number of carbonyl (C=O) groups excluding carboxylic acids is 1. The van der Waals surface area contributed by atoms with Gasteiger partial charge in [-0.2, -0.15) is 5.10 Å². The second kappa shape index (κ2) is 10.9. The Labute approximate surface area is 237 Å². The minimum absolute atomic E-state index is 0.0596. The molecule has 5 aromatic rings. The Hall–Kier alpha value is -4.48. The van der Waals surface area contributed by atoms with Crippen molar-refractivity contribution in [2.24, 2.45) is 5.92 Å². The molecule has 0 unspecified atom stereocenters. The summed E-state index contributed by atoms with van der Waals surface area (Å²) in [6.07, 6.45) is 11.7. The Morgan fingerprint density at radius 2 is 1.93 bits per heavy atom. The van der Waals surface area contributed by atoms with Gasteiger partial charge < -0.3 is 10.2 Å². The Morgan fingerprint density at radius 1 is 1.12 bits per heavy atom. The van der Waals surface area contributed by atoms with Crippen LogP contribution in [0.1, 0.15) is 47.6 Å². The fraction of sp³-hybridized carbons (Fsp3) is 0.258. The molecule has 8 nitrogen and oxygen atoms in total. The predicted molar refractivity (Wildman–Crippen MR) is 157 cm³/mol. The highest BCUT2D eigenvalue weighted by atomic mass is 35.5. The van der Waals surface area contributed by atoms with Crippen LogP contribution in [0.2, 0.25) is 5.02 Å². The zero-order valence-electron chi connectivity index (χ0n) is 22.1. The van der Waals surface area contributed by atoms with Gasteiger partial charge in [0.25, 0.3) is 5.91 Å². The van der Waals surface area contributed by atoms with Gasteiger partial charge >= 0.3 is 0 Å². The largest absolute Gasteiger partial charge is 0.355 e. The maximum atomic E-state index is 13.8. The number of anilines is 2. The molecular formula is C31H28ClN7O. The van der Waals surface area contributed by atoms with E-state index in [4.69, 9.17) is 18.2 Å². The third-order valence-corrected chi connectivity index (χ3v) is 8.24. The molecule has 9 heteroatoms. The monoisotopic (exact) mass is 549 g/mol. The van der Waals surface area contributed by atoms with E-state index in [-0.39, 0.29) is 11.9 Å². The van der Waals surface area contributed by atoms with E-state index in [1.807, 2.05) is 60.3 Å². The maximum absolute atomic E-state index is 13.8. The summed E-state index contributed by atoms with van der Waals surface area (Å²) < 4.78 is 3.48. The molecule has 0 radical (unpaired) electrons. The summed E-state index contributed by atoms with van der Waals surface area (Å²) >= 11 is 6.32. The molecule has 0 spiro atoms. The van der Waals surface area contributed by atoms with E-state index >= 15 is 0 Å². The number of para-hydroxylation sites is 1. The Balaban J connectivity index is 1.33. The molecular weight excluding hydrogens is 522 g/mol. The fourth-order valence-electron chi connectivity index (χ4n) is 5.67. The zero-order valence-corrected chi connectivity index (χ0v) is 22.8. The molecule has 2 aromatic carbocycles. The van der Waals surface area contributed by atoms with Crippen LogP contribution in [0.4, 0.5) is 11.4 Å². The van der Waals surface area contributed by atoms with Crippen LogP contribution in [0, 0.1) is 19.4 Å². The average Bonchev–Trinajstić information content (AvgIpc) is 3.75. The Bertz CT molecular complexity index is 1740. The highest BCUT2D eigenvalue weighted by Gasteiger charge is 2.30. The number of hydrogen-bond donors (Lipinski definition) is 1. The number of nitrogens with zero attached hydrogens (tertiary/aromatic N) is 6. The summed E-state index contributed by atoms with van der Waals surface area (Å²) in [5, 5.41) is 9.42. The summed E-state index contributed by atoms with van der Waals surface area (Å²) in [5.74, 6) is 0.256. The van der Waals surface area contributed by atoms with Crippen LogP contribution in [0.3, 0.4) is 0 Å². The van der Waals surface area contributed by atoms with Gasteiger partial charge in [0.15, 0.2) is 5.65 Å². The van der Waals surface area contributed by atoms with E-state index in [0.29, 0.717) is 40.1 Å². The van der Waals surface area contributed by atoms with Gasteiger partial charge in [-0.05, 0) is 61.6 Å². The Morgan fingerprint density at radius 3 is 2.75 bits per heavy atom. The van der Waals surface area contributed by atoms with Gasteiger partial charge in [0.05, 0.1) is 23.1 Å². The van der Waals surface area contributed by atoms with Crippen molar-refractivity contribution in [3.05, 3.63) is 101 Å². The summed E-state index contributed by atoms with van der Waals surface area (Å²) in [6.45, 7) is 9.81. The molecule has 40 heavy (non-hydrogen) atoms. The van der Waals surface area contributed by atoms with Crippen LogP contribution in [0.15, 0.2) is 73.4 Å². The lowest BCUT2D eigenvalue weighted by molar-refractivity contribution is 0.0965. The second-order valence-electron chi connectivity index (χ2n) is 10.2. The van der Waals surface area contributed by atoms with Gasteiger partial charge in [0, 0.05) is 34.1 Å². The zero-order chi connectivity index (χ0) is 27.6. The molecule has 3 heterocycles. The third kappa shape index (κ3) is 4.74. The highest BCUT2D eigenvalue weighted by Crippen LogP contribution is 2.36. The predicted octanol–water partition coefficient (Wildman–Crippen LogP) is 7.34. The lowest BCUT2D eigenvalue weighted by Crippen LogP contribution is -2.20. The summed E-state index contributed by atoms with van der Waals surface area (Å²) in [7, 11) is 0. The standard InChI is InChI=1S/C31H28ClN7O/c1-20-25(32)11-7-13-26(20)37-27-12-6-5-10-23(27)31(40)38-15-14-24-29(34-19-35-30(24)38)22-16-36-39(18-22)28(17-33-2)21-8-3-4-9-21/h5-7,10-16,18-19,21,28,37H,3-4,8-9,17H2,1H3/t28-/m1/s1. The number of fused-ring (bicyclic) bond motifs is 1. The van der Waals surface area contributed by atoms with E-state index in [1.54, 1.807) is 23.0 Å². The number of nitrogens with one attached hydrogen (secondary N) is 1. The maximum Gasteiger partial charge on any atom is 0.265 e. The number of halogens is 1. The van der Waals surface area contributed by atoms with Gasteiger partial charge in [-0.3, -0.25) is 14.0 Å². The third-order valence-electron chi connectivity index (χ3n) is 7.83. The van der Waals surface area contributed by atoms with Crippen LogP contribution in [-0.4, -0.2) is 36.8 Å². The molecule has 1 aliphatic rings. The first-order valence-corrected chi connectivity index (χ1v) is 13.8. The van der Waals surface area contributed by atoms with Gasteiger partial charge in [0.1, 0.15) is 12.4 Å². The molecule has 0 saturated heterocycles. The first-order valence-electron chi connectivity index (χ1n) is 13.4. The van der Waals surface area contributed by atoms with E-state index in [0.717, 1.165) is 35.0 Å². The minimum Gasteiger partial charge on any atom is -0.355 e. The molecule has 1 aliphatic carbocycles. The Kier molecular flexibility index (Phi) is 7.06. The second-order valence-corrected chi connectivity index (χ2v) is 10.6. The van der Waals surface area contributed by atoms with Crippen LogP contribution in [0.5, 0.6) is 0 Å². The van der Waals surface area contributed by atoms with E-state index < -0.39 is 0 Å². The van der Waals surface area contributed by atoms with Gasteiger partial charge in [0.2, 0.25) is 6.54 Å². The molecule has 3 aromatic heterocycles. The van der Waals surface area contributed by atoms with Crippen LogP contribution < -0.4 is 5.32 Å². The molecule has 1 atom stereocenters. The molecule has 6 rings (SSSR count). The quantitative estimate of drug-likeness (QED) is 0.215. The van der Waals surface area contributed by atoms with Crippen LogP contribution in [0.25, 0.3) is 27.1 Å². The van der Waals surface area contributed by atoms with Crippen molar-refractivity contribution in [1.82, 2.24) is 24.3 Å². The van der Waals surface area contributed by atoms with Crippen molar-refractivity contribution in [2.45, 2.75) is 38.6 Å². The molecule has 0 aliphatic heterocycles. The summed E-state index contributed by atoms with van der Waals surface area (Å²) in [6, 6.07) is 15.0. The van der Waals surface area contributed by atoms with Crippen LogP contribution in [-0.2, 0) is 0 Å². The van der Waals surface area contributed by atoms with Gasteiger partial charge in [-0.15, -0.1) is 0 Å². The van der Waals surface area contributed by atoms with Crippen molar-refractivity contribution in [2.75, 3.05) is 11.9 Å². The van der Waals surface area contributed by atoms with Crippen LogP contribution >= 0.6 is 11.6 Å². The van der Waals surface area contributed by atoms with Crippen molar-refractivity contribution in [1.29, 1.82) is 0 Å². The summed E-state index contributed by atoms with van der Waals surface area (Å²) in [4.78, 5) is 26.6. The molecule has 1 fully saturated rings. The highest BCUT2D eigenvalue weighted by molar-refractivity contribution is 6.31. The molecule has 0 bridgehead atoms. The first-order chi connectivity index (χ1) is 19.5.